The minimum atomic E-state index is 0.336. The van der Waals surface area contributed by atoms with E-state index in [4.69, 9.17) is 15.7 Å². The maximum absolute atomic E-state index is 8.55. The lowest BCUT2D eigenvalue weighted by atomic mass is 9.99. The SMILES string of the molecule is NC(CCN(CC1CCOCC1)C1CC1)=NO. The van der Waals surface area contributed by atoms with Crippen LogP contribution < -0.4 is 5.73 Å². The van der Waals surface area contributed by atoms with E-state index in [0.717, 1.165) is 38.3 Å². The highest BCUT2D eigenvalue weighted by Crippen LogP contribution is 2.29. The molecule has 0 aromatic heterocycles. The van der Waals surface area contributed by atoms with Crippen LogP contribution in [-0.2, 0) is 4.74 Å². The first-order valence-electron chi connectivity index (χ1n) is 6.58. The van der Waals surface area contributed by atoms with E-state index in [2.05, 4.69) is 10.1 Å². The highest BCUT2D eigenvalue weighted by atomic mass is 16.5. The third-order valence-corrected chi connectivity index (χ3v) is 3.68. The molecule has 0 aromatic carbocycles. The summed E-state index contributed by atoms with van der Waals surface area (Å²) in [5, 5.41) is 11.6. The van der Waals surface area contributed by atoms with Crippen molar-refractivity contribution < 1.29 is 9.94 Å². The fraction of sp³-hybridized carbons (Fsp3) is 0.917. The van der Waals surface area contributed by atoms with Gasteiger partial charge in [0, 0.05) is 38.8 Å². The normalized spacial score (nSPS) is 23.2. The number of oxime groups is 1. The minimum Gasteiger partial charge on any atom is -0.409 e. The van der Waals surface area contributed by atoms with Crippen LogP contribution in [0.25, 0.3) is 0 Å². The molecule has 1 aliphatic carbocycles. The number of amidine groups is 1. The third-order valence-electron chi connectivity index (χ3n) is 3.68. The molecule has 17 heavy (non-hydrogen) atoms. The number of ether oxygens (including phenoxy) is 1. The van der Waals surface area contributed by atoms with E-state index in [1.807, 2.05) is 0 Å². The molecule has 0 aromatic rings. The summed E-state index contributed by atoms with van der Waals surface area (Å²) in [6, 6.07) is 0.740. The van der Waals surface area contributed by atoms with Crippen LogP contribution in [0.5, 0.6) is 0 Å². The molecule has 0 amide bonds. The van der Waals surface area contributed by atoms with Gasteiger partial charge in [-0.1, -0.05) is 5.16 Å². The predicted octanol–water partition coefficient (Wildman–Crippen LogP) is 1.01. The molecule has 2 fully saturated rings. The first kappa shape index (κ1) is 12.6. The second-order valence-corrected chi connectivity index (χ2v) is 5.12. The summed E-state index contributed by atoms with van der Waals surface area (Å²) in [6.07, 6.45) is 5.62. The van der Waals surface area contributed by atoms with Gasteiger partial charge >= 0.3 is 0 Å². The van der Waals surface area contributed by atoms with Crippen LogP contribution in [0.1, 0.15) is 32.1 Å². The van der Waals surface area contributed by atoms with E-state index < -0.39 is 0 Å². The number of nitrogens with zero attached hydrogens (tertiary/aromatic N) is 2. The summed E-state index contributed by atoms with van der Waals surface area (Å²) in [7, 11) is 0. The maximum atomic E-state index is 8.55. The molecule has 1 saturated heterocycles. The first-order valence-corrected chi connectivity index (χ1v) is 6.58. The highest BCUT2D eigenvalue weighted by Gasteiger charge is 2.30. The summed E-state index contributed by atoms with van der Waals surface area (Å²) < 4.78 is 5.38. The fourth-order valence-electron chi connectivity index (χ4n) is 2.43. The largest absolute Gasteiger partial charge is 0.409 e. The van der Waals surface area contributed by atoms with E-state index in [0.29, 0.717) is 12.3 Å². The van der Waals surface area contributed by atoms with Gasteiger partial charge in [-0.2, -0.15) is 0 Å². The lowest BCUT2D eigenvalue weighted by Gasteiger charge is -2.29. The van der Waals surface area contributed by atoms with Gasteiger partial charge in [-0.15, -0.1) is 0 Å². The Morgan fingerprint density at radius 1 is 1.29 bits per heavy atom. The molecule has 0 spiro atoms. The quantitative estimate of drug-likeness (QED) is 0.315. The second-order valence-electron chi connectivity index (χ2n) is 5.12. The fourth-order valence-corrected chi connectivity index (χ4v) is 2.43. The zero-order valence-electron chi connectivity index (χ0n) is 10.3. The van der Waals surface area contributed by atoms with Gasteiger partial charge < -0.3 is 15.7 Å². The molecule has 5 nitrogen and oxygen atoms in total. The van der Waals surface area contributed by atoms with Gasteiger partial charge in [0.2, 0.25) is 0 Å². The molecule has 2 aliphatic rings. The van der Waals surface area contributed by atoms with Gasteiger partial charge in [0.25, 0.3) is 0 Å². The lowest BCUT2D eigenvalue weighted by molar-refractivity contribution is 0.0516. The van der Waals surface area contributed by atoms with Gasteiger partial charge in [0.1, 0.15) is 5.84 Å². The number of rotatable bonds is 6. The first-order chi connectivity index (χ1) is 8.29. The van der Waals surface area contributed by atoms with E-state index in [-0.39, 0.29) is 0 Å². The Morgan fingerprint density at radius 2 is 2.00 bits per heavy atom. The summed E-state index contributed by atoms with van der Waals surface area (Å²) in [6.45, 7) is 3.87. The van der Waals surface area contributed by atoms with Crippen molar-refractivity contribution in [3.8, 4) is 0 Å². The van der Waals surface area contributed by atoms with Crippen LogP contribution in [0.4, 0.5) is 0 Å². The van der Waals surface area contributed by atoms with Gasteiger partial charge in [-0.25, -0.2) is 0 Å². The van der Waals surface area contributed by atoms with Crippen molar-refractivity contribution >= 4 is 5.84 Å². The Morgan fingerprint density at radius 3 is 2.59 bits per heavy atom. The predicted molar refractivity (Wildman–Crippen MR) is 66.2 cm³/mol. The monoisotopic (exact) mass is 241 g/mol. The Balaban J connectivity index is 1.75. The molecule has 3 N–H and O–H groups in total. The minimum absolute atomic E-state index is 0.336. The van der Waals surface area contributed by atoms with Gasteiger partial charge in [-0.3, -0.25) is 4.90 Å². The zero-order chi connectivity index (χ0) is 12.1. The molecule has 0 radical (unpaired) electrons. The van der Waals surface area contributed by atoms with Crippen LogP contribution in [0.3, 0.4) is 0 Å². The maximum Gasteiger partial charge on any atom is 0.140 e. The van der Waals surface area contributed by atoms with Crippen LogP contribution in [0, 0.1) is 5.92 Å². The summed E-state index contributed by atoms with van der Waals surface area (Å²) in [5.41, 5.74) is 5.53. The molecule has 2 rings (SSSR count). The van der Waals surface area contributed by atoms with Crippen molar-refractivity contribution in [1.82, 2.24) is 4.90 Å². The summed E-state index contributed by atoms with van der Waals surface area (Å²) in [4.78, 5) is 2.51. The van der Waals surface area contributed by atoms with Crippen molar-refractivity contribution in [2.24, 2.45) is 16.8 Å². The molecular formula is C12H23N3O2. The molecular weight excluding hydrogens is 218 g/mol. The molecule has 1 heterocycles. The zero-order valence-corrected chi connectivity index (χ0v) is 10.3. The molecule has 98 valence electrons. The molecule has 1 saturated carbocycles. The second kappa shape index (κ2) is 6.21. The summed E-state index contributed by atoms with van der Waals surface area (Å²) >= 11 is 0. The van der Waals surface area contributed by atoms with Crippen molar-refractivity contribution in [3.05, 3.63) is 0 Å². The van der Waals surface area contributed by atoms with Crippen molar-refractivity contribution in [2.75, 3.05) is 26.3 Å². The van der Waals surface area contributed by atoms with Crippen molar-refractivity contribution in [1.29, 1.82) is 0 Å². The topological polar surface area (TPSA) is 71.1 Å². The Bertz CT molecular complexity index is 260. The molecule has 0 atom stereocenters. The van der Waals surface area contributed by atoms with Gasteiger partial charge in [0.15, 0.2) is 0 Å². The van der Waals surface area contributed by atoms with Gasteiger partial charge in [-0.05, 0) is 31.6 Å². The number of nitrogens with two attached hydrogens (primary N) is 1. The van der Waals surface area contributed by atoms with E-state index in [1.165, 1.54) is 25.7 Å². The molecule has 1 aliphatic heterocycles. The Hall–Kier alpha value is -0.810. The van der Waals surface area contributed by atoms with Crippen LogP contribution in [0.15, 0.2) is 5.16 Å². The van der Waals surface area contributed by atoms with Crippen LogP contribution in [-0.4, -0.2) is 48.3 Å². The van der Waals surface area contributed by atoms with E-state index in [9.17, 15) is 0 Å². The summed E-state index contributed by atoms with van der Waals surface area (Å²) in [5.74, 6) is 1.10. The molecule has 0 unspecified atom stereocenters. The lowest BCUT2D eigenvalue weighted by Crippen LogP contribution is -2.36. The van der Waals surface area contributed by atoms with Crippen LogP contribution >= 0.6 is 0 Å². The van der Waals surface area contributed by atoms with E-state index >= 15 is 0 Å². The highest BCUT2D eigenvalue weighted by molar-refractivity contribution is 5.79. The van der Waals surface area contributed by atoms with Crippen molar-refractivity contribution in [2.45, 2.75) is 38.1 Å². The van der Waals surface area contributed by atoms with Gasteiger partial charge in [0.05, 0.1) is 0 Å². The van der Waals surface area contributed by atoms with Crippen molar-refractivity contribution in [3.63, 3.8) is 0 Å². The molecule has 0 bridgehead atoms. The Kier molecular flexibility index (Phi) is 4.62. The number of hydrogen-bond donors (Lipinski definition) is 2. The smallest absolute Gasteiger partial charge is 0.140 e. The van der Waals surface area contributed by atoms with E-state index in [1.54, 1.807) is 0 Å². The third kappa shape index (κ3) is 4.16. The van der Waals surface area contributed by atoms with Crippen LogP contribution in [0.2, 0.25) is 0 Å². The average molecular weight is 241 g/mol. The number of hydrogen-bond acceptors (Lipinski definition) is 4. The standard InChI is InChI=1S/C12H23N3O2/c13-12(14-16)3-6-15(11-1-2-11)9-10-4-7-17-8-5-10/h10-11,16H,1-9H2,(H2,13,14). The Labute approximate surface area is 103 Å². The molecule has 5 heteroatoms. The average Bonchev–Trinajstić information content (AvgIpc) is 3.19.